The molecule has 0 aliphatic rings. The Hall–Kier alpha value is 0.132. The second-order valence-electron chi connectivity index (χ2n) is 4.18. The van der Waals surface area contributed by atoms with Crippen LogP contribution in [0.25, 0.3) is 0 Å². The summed E-state index contributed by atoms with van der Waals surface area (Å²) in [6, 6.07) is 0. The smallest absolute Gasteiger partial charge is 0.309 e. The molecule has 0 rings (SSSR count). The van der Waals surface area contributed by atoms with Gasteiger partial charge >= 0.3 is 5.97 Å². The van der Waals surface area contributed by atoms with Gasteiger partial charge in [-0.25, -0.2) is 0 Å². The normalized spacial score (nSPS) is 12.1. The van der Waals surface area contributed by atoms with Crippen molar-refractivity contribution in [3.05, 3.63) is 0 Å². The van der Waals surface area contributed by atoms with E-state index in [-0.39, 0.29) is 25.8 Å². The van der Waals surface area contributed by atoms with E-state index in [9.17, 15) is 4.79 Å². The van der Waals surface area contributed by atoms with Crippen molar-refractivity contribution in [2.75, 3.05) is 0 Å². The number of carboxylic acids is 1. The van der Waals surface area contributed by atoms with Gasteiger partial charge in [-0.05, 0) is 19.3 Å². The van der Waals surface area contributed by atoms with Crippen LogP contribution in [0.4, 0.5) is 0 Å². The van der Waals surface area contributed by atoms with Crippen molar-refractivity contribution in [3.63, 3.8) is 0 Å². The second-order valence-corrected chi connectivity index (χ2v) is 4.18. The summed E-state index contributed by atoms with van der Waals surface area (Å²) in [7, 11) is 0. The predicted molar refractivity (Wildman–Crippen MR) is 40.9 cm³/mol. The van der Waals surface area contributed by atoms with Gasteiger partial charge in [-0.2, -0.15) is 0 Å². The van der Waals surface area contributed by atoms with E-state index in [1.165, 1.54) is 0 Å². The average Bonchev–Trinajstić information content (AvgIpc) is 1.62. The first kappa shape index (κ1) is 13.7. The molecule has 70 valence electrons. The third-order valence-corrected chi connectivity index (χ3v) is 2.41. The van der Waals surface area contributed by atoms with Crippen LogP contribution in [0.1, 0.15) is 34.6 Å². The molecule has 0 spiro atoms. The molecule has 0 unspecified atom stereocenters. The van der Waals surface area contributed by atoms with E-state index in [0.717, 1.165) is 0 Å². The Balaban J connectivity index is 0. The van der Waals surface area contributed by atoms with E-state index in [2.05, 4.69) is 0 Å². The maximum atomic E-state index is 10.7. The molecule has 0 saturated heterocycles. The van der Waals surface area contributed by atoms with Crippen LogP contribution in [0.15, 0.2) is 0 Å². The van der Waals surface area contributed by atoms with Crippen molar-refractivity contribution in [1.82, 2.24) is 0 Å². The third-order valence-electron chi connectivity index (χ3n) is 2.41. The zero-order valence-electron chi connectivity index (χ0n) is 7.67. The Bertz CT molecular complexity index is 145. The quantitative estimate of drug-likeness (QED) is 0.724. The number of rotatable bonds is 1. The topological polar surface area (TPSA) is 37.3 Å². The minimum Gasteiger partial charge on any atom is -0.481 e. The van der Waals surface area contributed by atoms with Gasteiger partial charge in [0, 0.05) is 20.4 Å². The first-order chi connectivity index (χ1) is 4.19. The zero-order valence-corrected chi connectivity index (χ0v) is 9.23. The molecule has 0 atom stereocenters. The number of hydrogen-bond acceptors (Lipinski definition) is 1. The van der Waals surface area contributed by atoms with Gasteiger partial charge in [0.15, 0.2) is 0 Å². The number of aliphatic carboxylic acids is 1. The third kappa shape index (κ3) is 2.93. The SMILES string of the molecule is CC(C)(C)C(C)(C)C(=O)O.[Pd]. The number of carboxylic acid groups (broad SMARTS) is 1. The van der Waals surface area contributed by atoms with Gasteiger partial charge in [-0.15, -0.1) is 0 Å². The average molecular weight is 251 g/mol. The molecule has 2 nitrogen and oxygen atoms in total. The van der Waals surface area contributed by atoms with E-state index in [0.29, 0.717) is 0 Å². The Morgan fingerprint density at radius 2 is 1.36 bits per heavy atom. The van der Waals surface area contributed by atoms with Crippen LogP contribution in [-0.4, -0.2) is 11.1 Å². The van der Waals surface area contributed by atoms with Crippen molar-refractivity contribution in [2.24, 2.45) is 10.8 Å². The first-order valence-corrected chi connectivity index (χ1v) is 3.43. The van der Waals surface area contributed by atoms with Crippen molar-refractivity contribution >= 4 is 5.97 Å². The summed E-state index contributed by atoms with van der Waals surface area (Å²) in [6.07, 6.45) is 0. The largest absolute Gasteiger partial charge is 0.481 e. The predicted octanol–water partition coefficient (Wildman–Crippen LogP) is 2.14. The van der Waals surface area contributed by atoms with Crippen LogP contribution in [0.2, 0.25) is 0 Å². The second kappa shape index (κ2) is 3.69. The molecule has 0 aliphatic carbocycles. The summed E-state index contributed by atoms with van der Waals surface area (Å²) in [5.41, 5.74) is -0.828. The van der Waals surface area contributed by atoms with Gasteiger partial charge in [0.05, 0.1) is 5.41 Å². The van der Waals surface area contributed by atoms with E-state index in [1.54, 1.807) is 13.8 Å². The summed E-state index contributed by atoms with van der Waals surface area (Å²) in [4.78, 5) is 10.7. The molecule has 3 heteroatoms. The fourth-order valence-corrected chi connectivity index (χ4v) is 0.321. The molecule has 0 amide bonds. The molecule has 0 bridgehead atoms. The minimum absolute atomic E-state index is 0. The first-order valence-electron chi connectivity index (χ1n) is 3.43. The van der Waals surface area contributed by atoms with E-state index >= 15 is 0 Å². The van der Waals surface area contributed by atoms with Crippen molar-refractivity contribution in [1.29, 1.82) is 0 Å². The molecule has 0 aromatic heterocycles. The zero-order chi connectivity index (χ0) is 8.58. The standard InChI is InChI=1S/C8H16O2.Pd/c1-7(2,3)8(4,5)6(9)10;/h1-5H3,(H,9,10);. The molecule has 0 aliphatic heterocycles. The maximum Gasteiger partial charge on any atom is 0.309 e. The number of hydrogen-bond donors (Lipinski definition) is 1. The monoisotopic (exact) mass is 250 g/mol. The fraction of sp³-hybridized carbons (Fsp3) is 0.875. The molecule has 0 heterocycles. The molecule has 1 N–H and O–H groups in total. The van der Waals surface area contributed by atoms with Crippen LogP contribution in [0.5, 0.6) is 0 Å². The van der Waals surface area contributed by atoms with Crippen LogP contribution >= 0.6 is 0 Å². The molecule has 11 heavy (non-hydrogen) atoms. The molecule has 0 fully saturated rings. The van der Waals surface area contributed by atoms with Gasteiger partial charge in [0.2, 0.25) is 0 Å². The van der Waals surface area contributed by atoms with Gasteiger partial charge in [0.1, 0.15) is 0 Å². The summed E-state index contributed by atoms with van der Waals surface area (Å²) in [5.74, 6) is -0.736. The van der Waals surface area contributed by atoms with Crippen molar-refractivity contribution < 1.29 is 30.3 Å². The Morgan fingerprint density at radius 1 is 1.09 bits per heavy atom. The Labute approximate surface area is 82.0 Å². The molecule has 0 aromatic rings. The van der Waals surface area contributed by atoms with Crippen LogP contribution < -0.4 is 0 Å². The maximum absolute atomic E-state index is 10.7. The number of carbonyl (C=O) groups is 1. The summed E-state index contributed by atoms with van der Waals surface area (Å²) < 4.78 is 0. The van der Waals surface area contributed by atoms with Crippen LogP contribution in [0, 0.1) is 10.8 Å². The molecule has 0 saturated carbocycles. The van der Waals surface area contributed by atoms with Gasteiger partial charge in [-0.3, -0.25) is 4.79 Å². The molecular formula is C8H16O2Pd. The minimum atomic E-state index is -0.736. The summed E-state index contributed by atoms with van der Waals surface area (Å²) >= 11 is 0. The van der Waals surface area contributed by atoms with E-state index < -0.39 is 11.4 Å². The van der Waals surface area contributed by atoms with Crippen LogP contribution in [-0.2, 0) is 25.2 Å². The molecule has 0 aromatic carbocycles. The molecular weight excluding hydrogens is 235 g/mol. The Kier molecular flexibility index (Phi) is 4.60. The fourth-order valence-electron chi connectivity index (χ4n) is 0.321. The van der Waals surface area contributed by atoms with Gasteiger partial charge in [0.25, 0.3) is 0 Å². The molecule has 0 radical (unpaired) electrons. The van der Waals surface area contributed by atoms with Crippen molar-refractivity contribution in [3.8, 4) is 0 Å². The van der Waals surface area contributed by atoms with Gasteiger partial charge < -0.3 is 5.11 Å². The van der Waals surface area contributed by atoms with Crippen LogP contribution in [0.3, 0.4) is 0 Å². The van der Waals surface area contributed by atoms with Crippen molar-refractivity contribution in [2.45, 2.75) is 34.6 Å². The summed E-state index contributed by atoms with van der Waals surface area (Å²) in [6.45, 7) is 9.29. The van der Waals surface area contributed by atoms with Gasteiger partial charge in [-0.1, -0.05) is 20.8 Å². The van der Waals surface area contributed by atoms with E-state index in [1.807, 2.05) is 20.8 Å². The Morgan fingerprint density at radius 3 is 1.36 bits per heavy atom. The summed E-state index contributed by atoms with van der Waals surface area (Å²) in [5, 5.41) is 8.78. The van der Waals surface area contributed by atoms with E-state index in [4.69, 9.17) is 5.11 Å².